The first-order valence-corrected chi connectivity index (χ1v) is 14.2. The fraction of sp³-hybridized carbons (Fsp3) is 0.452. The van der Waals surface area contributed by atoms with Gasteiger partial charge in [0, 0.05) is 18.1 Å². The number of halogens is 3. The van der Waals surface area contributed by atoms with E-state index in [1.807, 2.05) is 0 Å². The zero-order valence-corrected chi connectivity index (χ0v) is 24.3. The molecule has 45 heavy (non-hydrogen) atoms. The van der Waals surface area contributed by atoms with Gasteiger partial charge in [-0.3, -0.25) is 4.79 Å². The zero-order chi connectivity index (χ0) is 32.4. The number of benzene rings is 2. The summed E-state index contributed by atoms with van der Waals surface area (Å²) in [7, 11) is 0. The molecule has 9 atom stereocenters. The number of aromatic hydroxyl groups is 1. The van der Waals surface area contributed by atoms with Crippen molar-refractivity contribution in [1.82, 2.24) is 5.32 Å². The molecule has 2 saturated heterocycles. The van der Waals surface area contributed by atoms with Crippen molar-refractivity contribution < 1.29 is 62.1 Å². The van der Waals surface area contributed by atoms with Gasteiger partial charge in [-0.25, -0.2) is 13.2 Å². The first-order chi connectivity index (χ1) is 21.4. The second-order valence-corrected chi connectivity index (χ2v) is 11.1. The summed E-state index contributed by atoms with van der Waals surface area (Å²) in [6, 6.07) is 6.14. The second kappa shape index (κ2) is 13.8. The third-order valence-corrected chi connectivity index (χ3v) is 7.96. The minimum absolute atomic E-state index is 0.0145. The lowest BCUT2D eigenvalue weighted by atomic mass is 9.83. The van der Waals surface area contributed by atoms with E-state index in [-0.39, 0.29) is 42.6 Å². The van der Waals surface area contributed by atoms with Crippen LogP contribution >= 0.6 is 0 Å². The van der Waals surface area contributed by atoms with E-state index in [4.69, 9.17) is 23.7 Å². The van der Waals surface area contributed by atoms with Crippen LogP contribution in [0, 0.1) is 11.6 Å². The Kier molecular flexibility index (Phi) is 10.0. The highest BCUT2D eigenvalue weighted by Crippen LogP contribution is 2.35. The van der Waals surface area contributed by atoms with Crippen molar-refractivity contribution in [2.75, 3.05) is 13.4 Å². The minimum atomic E-state index is -1.52. The number of fused-ring (bicyclic) bond motifs is 1. The number of nitrogens with one attached hydrogen (secondary N) is 1. The van der Waals surface area contributed by atoms with Crippen LogP contribution in [0.5, 0.6) is 17.2 Å². The number of aliphatic hydroxyl groups excluding tert-OH is 3. The van der Waals surface area contributed by atoms with Gasteiger partial charge >= 0.3 is 0 Å². The molecule has 3 aliphatic rings. The molecule has 5 N–H and O–H groups in total. The number of rotatable bonds is 9. The number of carbonyl (C=O) groups is 1. The van der Waals surface area contributed by atoms with Crippen LogP contribution < -0.4 is 14.8 Å². The largest absolute Gasteiger partial charge is 0.504 e. The summed E-state index contributed by atoms with van der Waals surface area (Å²) in [4.78, 5) is 12.8. The van der Waals surface area contributed by atoms with Gasteiger partial charge in [-0.05, 0) is 61.4 Å². The van der Waals surface area contributed by atoms with Crippen LogP contribution in [0.15, 0.2) is 53.6 Å². The number of carbonyl (C=O) groups excluding carboxylic acids is 1. The van der Waals surface area contributed by atoms with Crippen molar-refractivity contribution in [2.45, 2.75) is 75.4 Å². The van der Waals surface area contributed by atoms with E-state index in [1.165, 1.54) is 37.3 Å². The summed E-state index contributed by atoms with van der Waals surface area (Å²) in [6.07, 6.45) is -6.48. The minimum Gasteiger partial charge on any atom is -0.504 e. The van der Waals surface area contributed by atoms with Gasteiger partial charge in [-0.2, -0.15) is 0 Å². The zero-order valence-electron chi connectivity index (χ0n) is 24.3. The fourth-order valence-corrected chi connectivity index (χ4v) is 5.37. The Labute approximate surface area is 256 Å². The Morgan fingerprint density at radius 2 is 1.76 bits per heavy atom. The molecular formula is C31H34F3NO10. The predicted molar refractivity (Wildman–Crippen MR) is 151 cm³/mol. The maximum atomic E-state index is 14.8. The van der Waals surface area contributed by atoms with Crippen LogP contribution in [0.3, 0.4) is 0 Å². The summed E-state index contributed by atoms with van der Waals surface area (Å²) >= 11 is 0. The molecule has 2 heterocycles. The van der Waals surface area contributed by atoms with Gasteiger partial charge in [-0.15, -0.1) is 0 Å². The van der Waals surface area contributed by atoms with Crippen LogP contribution in [0.2, 0.25) is 0 Å². The Hall–Kier alpha value is -3.66. The molecule has 1 amide bonds. The lowest BCUT2D eigenvalue weighted by Crippen LogP contribution is -2.67. The van der Waals surface area contributed by atoms with E-state index in [1.54, 1.807) is 13.0 Å². The molecule has 0 aromatic heterocycles. The summed E-state index contributed by atoms with van der Waals surface area (Å²) in [6.45, 7) is 3.04. The number of phenols is 1. The maximum Gasteiger partial charge on any atom is 0.247 e. The quantitative estimate of drug-likeness (QED) is 0.204. The number of ether oxygens (including phenoxy) is 5. The lowest BCUT2D eigenvalue weighted by molar-refractivity contribution is -0.155. The molecule has 2 aliphatic heterocycles. The molecule has 0 unspecified atom stereocenters. The summed E-state index contributed by atoms with van der Waals surface area (Å²) in [5.74, 6) is -2.93. The van der Waals surface area contributed by atoms with Gasteiger partial charge in [0.15, 0.2) is 29.3 Å². The van der Waals surface area contributed by atoms with Crippen LogP contribution in [0.25, 0.3) is 6.08 Å². The third kappa shape index (κ3) is 7.27. The molecule has 2 aromatic carbocycles. The van der Waals surface area contributed by atoms with Gasteiger partial charge in [0.25, 0.3) is 0 Å². The number of phenolic OH excluding ortho intramolecular Hbond substituents is 1. The average Bonchev–Trinajstić information content (AvgIpc) is 3.64. The maximum absolute atomic E-state index is 14.8. The molecule has 0 radical (unpaired) electrons. The van der Waals surface area contributed by atoms with Gasteiger partial charge in [-0.1, -0.05) is 6.07 Å². The Morgan fingerprint density at radius 3 is 2.47 bits per heavy atom. The SMILES string of the molecule is CC(=Cc1ccc(O[C@@H]2O[C@H](C(C)=CCOc3ccc(F)c(F)c3)C[C@@H]2F)c(O)c1)C(=O)N[C@@H]1[C@H](O)[C@@H](O)[C@H]2OCO[C@H]2[C@@H]1O. The molecule has 1 saturated carbocycles. The monoisotopic (exact) mass is 637 g/mol. The van der Waals surface area contributed by atoms with Crippen molar-refractivity contribution in [3.05, 3.63) is 70.8 Å². The fourth-order valence-electron chi connectivity index (χ4n) is 5.37. The summed E-state index contributed by atoms with van der Waals surface area (Å²) in [5, 5.41) is 44.3. The predicted octanol–water partition coefficient (Wildman–Crippen LogP) is 2.25. The molecule has 3 fully saturated rings. The molecule has 5 rings (SSSR count). The molecule has 244 valence electrons. The molecule has 1 aliphatic carbocycles. The normalized spacial score (nSPS) is 31.9. The molecular weight excluding hydrogens is 603 g/mol. The molecule has 0 bridgehead atoms. The highest BCUT2D eigenvalue weighted by molar-refractivity contribution is 5.97. The lowest BCUT2D eigenvalue weighted by Gasteiger charge is -2.41. The van der Waals surface area contributed by atoms with E-state index in [2.05, 4.69) is 5.32 Å². The van der Waals surface area contributed by atoms with E-state index in [0.717, 1.165) is 12.1 Å². The number of aliphatic hydroxyl groups is 3. The number of hydrogen-bond acceptors (Lipinski definition) is 10. The van der Waals surface area contributed by atoms with Gasteiger partial charge in [0.2, 0.25) is 12.2 Å². The van der Waals surface area contributed by atoms with Crippen LogP contribution in [-0.4, -0.2) is 94.9 Å². The molecule has 11 nitrogen and oxygen atoms in total. The van der Waals surface area contributed by atoms with Gasteiger partial charge < -0.3 is 49.4 Å². The van der Waals surface area contributed by atoms with E-state index >= 15 is 0 Å². The van der Waals surface area contributed by atoms with Crippen molar-refractivity contribution in [3.8, 4) is 17.2 Å². The Balaban J connectivity index is 1.15. The van der Waals surface area contributed by atoms with E-state index in [9.17, 15) is 38.4 Å². The van der Waals surface area contributed by atoms with Crippen molar-refractivity contribution >= 4 is 12.0 Å². The van der Waals surface area contributed by atoms with E-state index < -0.39 is 72.7 Å². The highest BCUT2D eigenvalue weighted by Gasteiger charge is 2.53. The molecule has 14 heteroatoms. The van der Waals surface area contributed by atoms with Gasteiger partial charge in [0.1, 0.15) is 49.7 Å². The first kappa shape index (κ1) is 32.7. The average molecular weight is 638 g/mol. The second-order valence-electron chi connectivity index (χ2n) is 11.1. The first-order valence-electron chi connectivity index (χ1n) is 14.2. The van der Waals surface area contributed by atoms with Crippen molar-refractivity contribution in [2.24, 2.45) is 0 Å². The molecule has 2 aromatic rings. The third-order valence-electron chi connectivity index (χ3n) is 7.96. The smallest absolute Gasteiger partial charge is 0.247 e. The van der Waals surface area contributed by atoms with Crippen molar-refractivity contribution in [3.63, 3.8) is 0 Å². The number of amides is 1. The van der Waals surface area contributed by atoms with Crippen LogP contribution in [0.4, 0.5) is 13.2 Å². The standard InChI is InChI=1S/C31H34F3NO10/c1-14(7-8-41-17-4-5-18(32)19(33)11-17)23-12-20(34)31(45-23)44-22-6-3-16(10-21(22)36)9-15(2)30(40)35-24-25(37)27(39)29-28(26(24)38)42-13-43-29/h3-7,9-11,20,23-29,31,36-39H,8,12-13H2,1-2H3,(H,35,40)/t20-,23-,24+,25-,26+,27+,28-,29+,31+/m0/s1. The van der Waals surface area contributed by atoms with Crippen LogP contribution in [0.1, 0.15) is 25.8 Å². The van der Waals surface area contributed by atoms with Crippen LogP contribution in [-0.2, 0) is 19.0 Å². The Bertz CT molecular complexity index is 1450. The van der Waals surface area contributed by atoms with E-state index in [0.29, 0.717) is 11.1 Å². The Morgan fingerprint density at radius 1 is 1.02 bits per heavy atom. The number of hydrogen-bond donors (Lipinski definition) is 5. The summed E-state index contributed by atoms with van der Waals surface area (Å²) in [5.41, 5.74) is 1.19. The number of alkyl halides is 1. The van der Waals surface area contributed by atoms with Crippen molar-refractivity contribution in [1.29, 1.82) is 0 Å². The van der Waals surface area contributed by atoms with Gasteiger partial charge in [0.05, 0.1) is 12.1 Å². The summed E-state index contributed by atoms with van der Waals surface area (Å²) < 4.78 is 68.4. The highest BCUT2D eigenvalue weighted by atomic mass is 19.2. The topological polar surface area (TPSA) is 156 Å². The molecule has 0 spiro atoms.